The molecule has 2 aromatic heterocycles. The van der Waals surface area contributed by atoms with E-state index < -0.39 is 23.2 Å². The van der Waals surface area contributed by atoms with Crippen LogP contribution in [-0.4, -0.2) is 26.6 Å². The first-order valence-electron chi connectivity index (χ1n) is 7.14. The number of nitrogens with two attached hydrogens (primary N) is 1. The lowest BCUT2D eigenvalue weighted by atomic mass is 10.1. The molecule has 2 heterocycles. The summed E-state index contributed by atoms with van der Waals surface area (Å²) < 4.78 is 15.4. The molecular weight excluding hydrogens is 429 g/mol. The third kappa shape index (κ3) is 3.44. The van der Waals surface area contributed by atoms with Gasteiger partial charge in [-0.2, -0.15) is 5.10 Å². The molecule has 0 aliphatic heterocycles. The zero-order valence-corrected chi connectivity index (χ0v) is 15.3. The summed E-state index contributed by atoms with van der Waals surface area (Å²) in [5, 5.41) is 6.88. The van der Waals surface area contributed by atoms with E-state index in [2.05, 4.69) is 31.3 Å². The maximum atomic E-state index is 13.9. The van der Waals surface area contributed by atoms with Crippen LogP contribution in [0.4, 0.5) is 10.1 Å². The van der Waals surface area contributed by atoms with Crippen molar-refractivity contribution in [1.82, 2.24) is 14.8 Å². The smallest absolute Gasteiger partial charge is 0.274 e. The fourth-order valence-corrected chi connectivity index (χ4v) is 2.85. The third-order valence-corrected chi connectivity index (χ3v) is 4.04. The monoisotopic (exact) mass is 437 g/mol. The van der Waals surface area contributed by atoms with Gasteiger partial charge in [0.05, 0.1) is 16.3 Å². The number of rotatable bonds is 4. The Labute approximate surface area is 160 Å². The van der Waals surface area contributed by atoms with Crippen LogP contribution in [0, 0.1) is 5.82 Å². The molecule has 0 atom stereocenters. The van der Waals surface area contributed by atoms with Crippen LogP contribution in [0.15, 0.2) is 47.2 Å². The molecule has 0 saturated heterocycles. The van der Waals surface area contributed by atoms with E-state index in [0.717, 1.165) is 6.07 Å². The van der Waals surface area contributed by atoms with Crippen molar-refractivity contribution in [1.29, 1.82) is 0 Å². The quantitative estimate of drug-likeness (QED) is 0.653. The van der Waals surface area contributed by atoms with Gasteiger partial charge in [-0.1, -0.05) is 17.7 Å². The Kier molecular flexibility index (Phi) is 5.01. The highest BCUT2D eigenvalue weighted by Crippen LogP contribution is 2.23. The number of pyridine rings is 1. The van der Waals surface area contributed by atoms with Crippen molar-refractivity contribution in [2.45, 2.75) is 0 Å². The van der Waals surface area contributed by atoms with Gasteiger partial charge in [0.15, 0.2) is 5.82 Å². The summed E-state index contributed by atoms with van der Waals surface area (Å²) >= 11 is 9.30. The van der Waals surface area contributed by atoms with E-state index in [0.29, 0.717) is 4.60 Å². The Morgan fingerprint density at radius 1 is 1.27 bits per heavy atom. The number of primary amides is 1. The second kappa shape index (κ2) is 7.22. The zero-order valence-electron chi connectivity index (χ0n) is 12.9. The van der Waals surface area contributed by atoms with Gasteiger partial charge in [0.25, 0.3) is 11.8 Å². The molecule has 0 bridgehead atoms. The summed E-state index contributed by atoms with van der Waals surface area (Å²) in [4.78, 5) is 28.3. The number of nitrogens with one attached hydrogen (secondary N) is 1. The van der Waals surface area contributed by atoms with E-state index >= 15 is 0 Å². The van der Waals surface area contributed by atoms with Gasteiger partial charge in [-0.25, -0.2) is 14.1 Å². The maximum Gasteiger partial charge on any atom is 0.274 e. The van der Waals surface area contributed by atoms with E-state index in [1.807, 2.05) is 0 Å². The molecule has 10 heteroatoms. The molecule has 0 spiro atoms. The molecule has 3 N–H and O–H groups in total. The standard InChI is InChI=1S/C16H10BrClFN5O2/c17-12-7-11(24(23-12)15-8(18)3-2-6-21-15)16(26)22-10-5-1-4-9(19)13(10)14(20)25/h1-7H,(H2,20,25)(H,22,26). The van der Waals surface area contributed by atoms with Crippen LogP contribution in [0.3, 0.4) is 0 Å². The van der Waals surface area contributed by atoms with Gasteiger partial charge in [-0.05, 0) is 40.2 Å². The van der Waals surface area contributed by atoms with E-state index in [-0.39, 0.29) is 22.2 Å². The van der Waals surface area contributed by atoms with Gasteiger partial charge >= 0.3 is 0 Å². The van der Waals surface area contributed by atoms with Gasteiger partial charge in [-0.15, -0.1) is 0 Å². The highest BCUT2D eigenvalue weighted by atomic mass is 79.9. The van der Waals surface area contributed by atoms with Crippen molar-refractivity contribution in [3.8, 4) is 5.82 Å². The predicted octanol–water partition coefficient (Wildman–Crippen LogP) is 3.17. The Morgan fingerprint density at radius 2 is 2.04 bits per heavy atom. The molecular formula is C16H10BrClFN5O2. The average Bonchev–Trinajstić information content (AvgIpc) is 2.96. The van der Waals surface area contributed by atoms with Gasteiger partial charge < -0.3 is 11.1 Å². The topological polar surface area (TPSA) is 103 Å². The van der Waals surface area contributed by atoms with Crippen molar-refractivity contribution in [2.75, 3.05) is 5.32 Å². The van der Waals surface area contributed by atoms with Gasteiger partial charge in [-0.3, -0.25) is 9.59 Å². The summed E-state index contributed by atoms with van der Waals surface area (Å²) in [6, 6.07) is 8.45. The highest BCUT2D eigenvalue weighted by Gasteiger charge is 2.21. The Balaban J connectivity index is 2.02. The van der Waals surface area contributed by atoms with Crippen LogP contribution in [0.5, 0.6) is 0 Å². The zero-order chi connectivity index (χ0) is 18.8. The largest absolute Gasteiger partial charge is 0.365 e. The number of amides is 2. The van der Waals surface area contributed by atoms with Gasteiger partial charge in [0, 0.05) is 12.3 Å². The number of hydrogen-bond acceptors (Lipinski definition) is 4. The SMILES string of the molecule is NC(=O)c1c(F)cccc1NC(=O)c1cc(Br)nn1-c1ncccc1Cl. The third-order valence-electron chi connectivity index (χ3n) is 3.36. The minimum Gasteiger partial charge on any atom is -0.365 e. The fourth-order valence-electron chi connectivity index (χ4n) is 2.27. The lowest BCUT2D eigenvalue weighted by Gasteiger charge is -2.11. The van der Waals surface area contributed by atoms with E-state index in [1.54, 1.807) is 12.1 Å². The van der Waals surface area contributed by atoms with Crippen LogP contribution < -0.4 is 11.1 Å². The Hall–Kier alpha value is -2.78. The van der Waals surface area contributed by atoms with E-state index in [4.69, 9.17) is 17.3 Å². The van der Waals surface area contributed by atoms with Crippen molar-refractivity contribution < 1.29 is 14.0 Å². The van der Waals surface area contributed by atoms with Crippen molar-refractivity contribution in [3.05, 3.63) is 69.3 Å². The molecule has 132 valence electrons. The summed E-state index contributed by atoms with van der Waals surface area (Å²) in [6.07, 6.45) is 1.50. The molecule has 0 aliphatic carbocycles. The first-order chi connectivity index (χ1) is 12.4. The number of aromatic nitrogens is 3. The molecule has 7 nitrogen and oxygen atoms in total. The molecule has 2 amide bonds. The van der Waals surface area contributed by atoms with E-state index in [1.165, 1.54) is 29.1 Å². The van der Waals surface area contributed by atoms with Crippen LogP contribution >= 0.6 is 27.5 Å². The highest BCUT2D eigenvalue weighted by molar-refractivity contribution is 9.10. The number of anilines is 1. The minimum absolute atomic E-state index is 0.0570. The number of benzene rings is 1. The van der Waals surface area contributed by atoms with Gasteiger partial charge in [0.2, 0.25) is 0 Å². The summed E-state index contributed by atoms with van der Waals surface area (Å²) in [5.41, 5.74) is 4.79. The number of carbonyl (C=O) groups excluding carboxylic acids is 2. The fraction of sp³-hybridized carbons (Fsp3) is 0. The van der Waals surface area contributed by atoms with Crippen LogP contribution in [0.1, 0.15) is 20.8 Å². The Morgan fingerprint density at radius 3 is 2.73 bits per heavy atom. The molecule has 3 rings (SSSR count). The second-order valence-corrected chi connectivity index (χ2v) is 6.27. The second-order valence-electron chi connectivity index (χ2n) is 5.05. The minimum atomic E-state index is -0.999. The summed E-state index contributed by atoms with van der Waals surface area (Å²) in [6.45, 7) is 0. The average molecular weight is 439 g/mol. The lowest BCUT2D eigenvalue weighted by molar-refractivity contribution is 0.0997. The van der Waals surface area contributed by atoms with Crippen molar-refractivity contribution in [2.24, 2.45) is 5.73 Å². The van der Waals surface area contributed by atoms with Crippen LogP contribution in [0.2, 0.25) is 5.02 Å². The first kappa shape index (κ1) is 18.0. The molecule has 0 unspecified atom stereocenters. The molecule has 0 fully saturated rings. The normalized spacial score (nSPS) is 10.6. The Bertz CT molecular complexity index is 1020. The molecule has 0 saturated carbocycles. The molecule has 26 heavy (non-hydrogen) atoms. The molecule has 3 aromatic rings. The first-order valence-corrected chi connectivity index (χ1v) is 8.31. The van der Waals surface area contributed by atoms with Crippen LogP contribution in [0.25, 0.3) is 5.82 Å². The number of hydrogen-bond donors (Lipinski definition) is 2. The van der Waals surface area contributed by atoms with Gasteiger partial charge in [0.1, 0.15) is 16.1 Å². The number of nitrogens with zero attached hydrogens (tertiary/aromatic N) is 3. The van der Waals surface area contributed by atoms with Crippen molar-refractivity contribution in [3.63, 3.8) is 0 Å². The number of halogens is 3. The van der Waals surface area contributed by atoms with Crippen LogP contribution in [-0.2, 0) is 0 Å². The van der Waals surface area contributed by atoms with E-state index in [9.17, 15) is 14.0 Å². The summed E-state index contributed by atoms with van der Waals surface area (Å²) in [5.74, 6) is -2.25. The molecule has 0 radical (unpaired) electrons. The lowest BCUT2D eigenvalue weighted by Crippen LogP contribution is -2.22. The summed E-state index contributed by atoms with van der Waals surface area (Å²) in [7, 11) is 0. The van der Waals surface area contributed by atoms with Crippen molar-refractivity contribution >= 4 is 45.0 Å². The molecule has 1 aromatic carbocycles. The predicted molar refractivity (Wildman–Crippen MR) is 96.9 cm³/mol. The maximum absolute atomic E-state index is 13.9. The number of carbonyl (C=O) groups is 2. The molecule has 0 aliphatic rings.